The molecule has 1 atom stereocenters. The van der Waals surface area contributed by atoms with E-state index in [9.17, 15) is 4.79 Å². The van der Waals surface area contributed by atoms with Crippen LogP contribution in [0.25, 0.3) is 0 Å². The van der Waals surface area contributed by atoms with Gasteiger partial charge in [-0.15, -0.1) is 11.3 Å². The first-order valence-corrected chi connectivity index (χ1v) is 7.73. The Balaban J connectivity index is 1.96. The third-order valence-electron chi connectivity index (χ3n) is 2.89. The van der Waals surface area contributed by atoms with Crippen molar-refractivity contribution >= 4 is 49.0 Å². The number of rotatable bonds is 4. The van der Waals surface area contributed by atoms with E-state index in [1.807, 2.05) is 6.07 Å². The molecule has 1 fully saturated rings. The van der Waals surface area contributed by atoms with Gasteiger partial charge in [0.1, 0.15) is 0 Å². The molecule has 0 spiro atoms. The van der Waals surface area contributed by atoms with E-state index in [4.69, 9.17) is 4.74 Å². The molecule has 0 amide bonds. The Morgan fingerprint density at radius 2 is 2.41 bits per heavy atom. The van der Waals surface area contributed by atoms with Gasteiger partial charge in [-0.1, -0.05) is 0 Å². The molecule has 1 saturated heterocycles. The number of nitrogens with zero attached hydrogens (tertiary/aromatic N) is 1. The minimum atomic E-state index is 0.163. The minimum absolute atomic E-state index is 0.163. The zero-order valence-electron chi connectivity index (χ0n) is 9.41. The molecule has 1 aliphatic heterocycles. The predicted octanol–water partition coefficient (Wildman–Crippen LogP) is 3.18. The van der Waals surface area contributed by atoms with Crippen LogP contribution in [0.2, 0.25) is 0 Å². The Kier molecular flexibility index (Phi) is 4.77. The number of ketones is 1. The van der Waals surface area contributed by atoms with Crippen molar-refractivity contribution in [3.8, 4) is 0 Å². The molecule has 94 valence electrons. The number of hydrogen-bond acceptors (Lipinski definition) is 4. The van der Waals surface area contributed by atoms with Crippen molar-refractivity contribution in [1.82, 2.24) is 4.90 Å². The van der Waals surface area contributed by atoms with Crippen molar-refractivity contribution in [2.75, 3.05) is 26.7 Å². The summed E-state index contributed by atoms with van der Waals surface area (Å²) in [5, 5.41) is 0. The fraction of sp³-hybridized carbons (Fsp3) is 0.545. The Morgan fingerprint density at radius 3 is 2.94 bits per heavy atom. The Bertz CT molecular complexity index is 422. The second kappa shape index (κ2) is 5.93. The SMILES string of the molecule is COC1CCN(CC(=O)c2cc(Br)sc2Br)C1. The molecule has 0 aromatic carbocycles. The molecular weight excluding hydrogens is 370 g/mol. The van der Waals surface area contributed by atoms with E-state index < -0.39 is 0 Å². The summed E-state index contributed by atoms with van der Waals surface area (Å²) in [4.78, 5) is 14.3. The number of carbonyl (C=O) groups excluding carboxylic acids is 1. The van der Waals surface area contributed by atoms with Crippen LogP contribution in [0.5, 0.6) is 0 Å². The smallest absolute Gasteiger partial charge is 0.178 e. The van der Waals surface area contributed by atoms with Gasteiger partial charge in [0.25, 0.3) is 0 Å². The highest BCUT2D eigenvalue weighted by Crippen LogP contribution is 2.32. The van der Waals surface area contributed by atoms with E-state index in [-0.39, 0.29) is 11.9 Å². The predicted molar refractivity (Wildman–Crippen MR) is 75.9 cm³/mol. The van der Waals surface area contributed by atoms with Crippen LogP contribution < -0.4 is 0 Å². The fourth-order valence-corrected chi connectivity index (χ4v) is 4.81. The summed E-state index contributed by atoms with van der Waals surface area (Å²) in [5.74, 6) is 0.163. The van der Waals surface area contributed by atoms with Crippen molar-refractivity contribution in [1.29, 1.82) is 0 Å². The lowest BCUT2D eigenvalue weighted by molar-refractivity contribution is 0.0898. The summed E-state index contributed by atoms with van der Waals surface area (Å²) in [6.45, 7) is 2.26. The van der Waals surface area contributed by atoms with Gasteiger partial charge in [-0.25, -0.2) is 0 Å². The second-order valence-corrected chi connectivity index (χ2v) is 7.79. The van der Waals surface area contributed by atoms with Gasteiger partial charge in [-0.05, 0) is 44.3 Å². The standard InChI is InChI=1S/C11H13Br2NO2S/c1-16-7-2-3-14(5-7)6-9(15)8-4-10(12)17-11(8)13/h4,7H,2-3,5-6H2,1H3. The first-order chi connectivity index (χ1) is 8.10. The van der Waals surface area contributed by atoms with E-state index in [1.54, 1.807) is 7.11 Å². The quantitative estimate of drug-likeness (QED) is 0.749. The third-order valence-corrected chi connectivity index (χ3v) is 5.23. The molecule has 2 heterocycles. The van der Waals surface area contributed by atoms with E-state index in [1.165, 1.54) is 11.3 Å². The number of hydrogen-bond donors (Lipinski definition) is 0. The van der Waals surface area contributed by atoms with Crippen LogP contribution in [-0.2, 0) is 4.74 Å². The highest BCUT2D eigenvalue weighted by molar-refractivity contribution is 9.12. The minimum Gasteiger partial charge on any atom is -0.380 e. The van der Waals surface area contributed by atoms with Crippen LogP contribution in [0.15, 0.2) is 13.6 Å². The van der Waals surface area contributed by atoms with Gasteiger partial charge in [-0.2, -0.15) is 0 Å². The largest absolute Gasteiger partial charge is 0.380 e. The van der Waals surface area contributed by atoms with Gasteiger partial charge < -0.3 is 4.74 Å². The number of methoxy groups -OCH3 is 1. The van der Waals surface area contributed by atoms with E-state index in [0.717, 1.165) is 32.6 Å². The first kappa shape index (κ1) is 13.7. The number of thiophene rings is 1. The van der Waals surface area contributed by atoms with Gasteiger partial charge >= 0.3 is 0 Å². The summed E-state index contributed by atoms with van der Waals surface area (Å²) >= 11 is 8.33. The number of halogens is 2. The summed E-state index contributed by atoms with van der Waals surface area (Å²) in [6, 6.07) is 1.88. The zero-order valence-corrected chi connectivity index (χ0v) is 13.4. The van der Waals surface area contributed by atoms with Crippen molar-refractivity contribution < 1.29 is 9.53 Å². The van der Waals surface area contributed by atoms with Gasteiger partial charge in [0, 0.05) is 25.8 Å². The van der Waals surface area contributed by atoms with Gasteiger partial charge in [0.05, 0.1) is 20.2 Å². The molecule has 0 radical (unpaired) electrons. The second-order valence-electron chi connectivity index (χ2n) is 4.04. The summed E-state index contributed by atoms with van der Waals surface area (Å²) in [7, 11) is 1.72. The molecule has 1 aromatic heterocycles. The summed E-state index contributed by atoms with van der Waals surface area (Å²) in [5.41, 5.74) is 0.766. The van der Waals surface area contributed by atoms with Crippen molar-refractivity contribution in [2.24, 2.45) is 0 Å². The van der Waals surface area contributed by atoms with Crippen molar-refractivity contribution in [3.63, 3.8) is 0 Å². The Hall–Kier alpha value is 0.250. The molecule has 1 aromatic rings. The van der Waals surface area contributed by atoms with E-state index in [0.29, 0.717) is 6.54 Å². The lowest BCUT2D eigenvalue weighted by Gasteiger charge is -2.14. The van der Waals surface area contributed by atoms with Crippen LogP contribution in [0.4, 0.5) is 0 Å². The van der Waals surface area contributed by atoms with Gasteiger partial charge in [0.15, 0.2) is 5.78 Å². The normalized spacial score (nSPS) is 21.0. The van der Waals surface area contributed by atoms with E-state index >= 15 is 0 Å². The number of Topliss-reactive ketones (excluding diaryl/α,β-unsaturated/α-hetero) is 1. The maximum atomic E-state index is 12.1. The molecule has 0 aliphatic carbocycles. The number of carbonyl (C=O) groups is 1. The lowest BCUT2D eigenvalue weighted by atomic mass is 10.2. The van der Waals surface area contributed by atoms with Crippen LogP contribution in [0.1, 0.15) is 16.8 Å². The fourth-order valence-electron chi connectivity index (χ4n) is 1.95. The molecule has 0 bridgehead atoms. The molecule has 3 nitrogen and oxygen atoms in total. The van der Waals surface area contributed by atoms with Crippen LogP contribution in [-0.4, -0.2) is 43.5 Å². The number of likely N-dealkylation sites (tertiary alicyclic amines) is 1. The molecule has 2 rings (SSSR count). The van der Waals surface area contributed by atoms with Crippen molar-refractivity contribution in [2.45, 2.75) is 12.5 Å². The first-order valence-electron chi connectivity index (χ1n) is 5.33. The molecule has 1 unspecified atom stereocenters. The van der Waals surface area contributed by atoms with E-state index in [2.05, 4.69) is 36.8 Å². The highest BCUT2D eigenvalue weighted by atomic mass is 79.9. The van der Waals surface area contributed by atoms with Crippen LogP contribution >= 0.6 is 43.2 Å². The lowest BCUT2D eigenvalue weighted by Crippen LogP contribution is -2.29. The Labute approximate surface area is 121 Å². The summed E-state index contributed by atoms with van der Waals surface area (Å²) < 4.78 is 7.16. The third kappa shape index (κ3) is 3.38. The molecule has 1 aliphatic rings. The molecule has 0 N–H and O–H groups in total. The maximum Gasteiger partial charge on any atom is 0.178 e. The average Bonchev–Trinajstić information content (AvgIpc) is 2.85. The van der Waals surface area contributed by atoms with Crippen LogP contribution in [0.3, 0.4) is 0 Å². The van der Waals surface area contributed by atoms with Crippen LogP contribution in [0, 0.1) is 0 Å². The maximum absolute atomic E-state index is 12.1. The van der Waals surface area contributed by atoms with Gasteiger partial charge in [-0.3, -0.25) is 9.69 Å². The van der Waals surface area contributed by atoms with Crippen molar-refractivity contribution in [3.05, 3.63) is 19.2 Å². The van der Waals surface area contributed by atoms with Gasteiger partial charge in [0.2, 0.25) is 0 Å². The number of ether oxygens (including phenoxy) is 1. The molecule has 17 heavy (non-hydrogen) atoms. The summed E-state index contributed by atoms with van der Waals surface area (Å²) in [6.07, 6.45) is 1.29. The molecule has 0 saturated carbocycles. The molecule has 6 heteroatoms. The molecular formula is C11H13Br2NO2S. The average molecular weight is 383 g/mol. The zero-order chi connectivity index (χ0) is 12.4. The Morgan fingerprint density at radius 1 is 1.65 bits per heavy atom. The highest BCUT2D eigenvalue weighted by Gasteiger charge is 2.25. The monoisotopic (exact) mass is 381 g/mol. The topological polar surface area (TPSA) is 29.5 Å².